The third kappa shape index (κ3) is 7.85. The lowest BCUT2D eigenvalue weighted by molar-refractivity contribution is -0.137. The summed E-state index contributed by atoms with van der Waals surface area (Å²) in [4.78, 5) is 38.8. The van der Waals surface area contributed by atoms with Gasteiger partial charge in [0, 0.05) is 30.3 Å². The van der Waals surface area contributed by atoms with Gasteiger partial charge in [0.25, 0.3) is 11.8 Å². The lowest BCUT2D eigenvalue weighted by Gasteiger charge is -2.21. The Kier molecular flexibility index (Phi) is 10.1. The molecule has 2 N–H and O–H groups in total. The van der Waals surface area contributed by atoms with Crippen LogP contribution < -0.4 is 15.0 Å². The molecule has 0 heterocycles. The van der Waals surface area contributed by atoms with Gasteiger partial charge in [0.2, 0.25) is 0 Å². The molecule has 0 aliphatic carbocycles. The molecule has 0 spiro atoms. The lowest BCUT2D eigenvalue weighted by Crippen LogP contribution is -2.27. The van der Waals surface area contributed by atoms with Gasteiger partial charge in [-0.1, -0.05) is 54.1 Å². The van der Waals surface area contributed by atoms with Crippen LogP contribution in [0.3, 0.4) is 0 Å². The van der Waals surface area contributed by atoms with Gasteiger partial charge in [0.15, 0.2) is 0 Å². The standard InChI is InChI=1S/C35H36N2O5/c1-24-12-15-26(16-13-24)29-9-6-7-10-30(29)34(40)36-28-19-17-27(18-20-28)35(41)37(3)31-21-14-25(2)23-32(31)42-22-8-4-5-11-33(38)39/h6-7,9-10,12-21,23H,4-5,8,11,22H2,1-3H3,(H,36,40)(H,38,39). The van der Waals surface area contributed by atoms with Crippen molar-refractivity contribution in [1.82, 2.24) is 0 Å². The predicted octanol–water partition coefficient (Wildman–Crippen LogP) is 7.52. The quantitative estimate of drug-likeness (QED) is 0.174. The average Bonchev–Trinajstić information content (AvgIpc) is 2.99. The molecule has 42 heavy (non-hydrogen) atoms. The molecular formula is C35H36N2O5. The number of nitrogens with zero attached hydrogens (tertiary/aromatic N) is 1. The number of carboxylic acids is 1. The van der Waals surface area contributed by atoms with E-state index in [-0.39, 0.29) is 18.2 Å². The van der Waals surface area contributed by atoms with Crippen LogP contribution in [0.15, 0.2) is 91.0 Å². The van der Waals surface area contributed by atoms with Gasteiger partial charge in [-0.2, -0.15) is 0 Å². The van der Waals surface area contributed by atoms with E-state index >= 15 is 0 Å². The predicted molar refractivity (Wildman–Crippen MR) is 167 cm³/mol. The number of carbonyl (C=O) groups is 3. The highest BCUT2D eigenvalue weighted by Crippen LogP contribution is 2.30. The number of hydrogen-bond donors (Lipinski definition) is 2. The Labute approximate surface area is 246 Å². The zero-order chi connectivity index (χ0) is 30.1. The normalized spacial score (nSPS) is 10.6. The lowest BCUT2D eigenvalue weighted by atomic mass is 9.98. The van der Waals surface area contributed by atoms with Crippen LogP contribution in [-0.4, -0.2) is 36.5 Å². The molecule has 4 rings (SSSR count). The Morgan fingerprint density at radius 3 is 2.21 bits per heavy atom. The number of nitrogens with one attached hydrogen (secondary N) is 1. The Morgan fingerprint density at radius 2 is 1.50 bits per heavy atom. The summed E-state index contributed by atoms with van der Waals surface area (Å²) in [6.07, 6.45) is 2.23. The van der Waals surface area contributed by atoms with Crippen molar-refractivity contribution in [1.29, 1.82) is 0 Å². The second-order valence-corrected chi connectivity index (χ2v) is 10.3. The first-order chi connectivity index (χ1) is 20.2. The van der Waals surface area contributed by atoms with Crippen LogP contribution in [0.5, 0.6) is 5.75 Å². The summed E-state index contributed by atoms with van der Waals surface area (Å²) in [5.41, 5.74) is 6.22. The van der Waals surface area contributed by atoms with Crippen LogP contribution in [0.1, 0.15) is 57.5 Å². The fourth-order valence-electron chi connectivity index (χ4n) is 4.61. The van der Waals surface area contributed by atoms with Gasteiger partial charge in [-0.15, -0.1) is 0 Å². The van der Waals surface area contributed by atoms with Crippen molar-refractivity contribution in [3.8, 4) is 16.9 Å². The van der Waals surface area contributed by atoms with Crippen LogP contribution in [0, 0.1) is 13.8 Å². The summed E-state index contributed by atoms with van der Waals surface area (Å²) < 4.78 is 6.00. The molecule has 0 unspecified atom stereocenters. The van der Waals surface area contributed by atoms with Gasteiger partial charge < -0.3 is 20.1 Å². The largest absolute Gasteiger partial charge is 0.491 e. The van der Waals surface area contributed by atoms with E-state index in [9.17, 15) is 14.4 Å². The number of carbonyl (C=O) groups excluding carboxylic acids is 2. The summed E-state index contributed by atoms with van der Waals surface area (Å²) in [6, 6.07) is 28.0. The number of aliphatic carboxylic acids is 1. The molecule has 4 aromatic rings. The van der Waals surface area contributed by atoms with Gasteiger partial charge in [0.05, 0.1) is 12.3 Å². The molecule has 0 saturated heterocycles. The molecule has 0 aromatic heterocycles. The first-order valence-corrected chi connectivity index (χ1v) is 14.0. The first-order valence-electron chi connectivity index (χ1n) is 14.0. The Bertz CT molecular complexity index is 1540. The van der Waals surface area contributed by atoms with Crippen molar-refractivity contribution in [2.24, 2.45) is 0 Å². The second kappa shape index (κ2) is 14.1. The first kappa shape index (κ1) is 30.1. The summed E-state index contributed by atoms with van der Waals surface area (Å²) in [5.74, 6) is -0.643. The van der Waals surface area contributed by atoms with Crippen LogP contribution in [0.25, 0.3) is 11.1 Å². The minimum absolute atomic E-state index is 0.149. The molecular weight excluding hydrogens is 528 g/mol. The number of rotatable bonds is 12. The molecule has 0 bridgehead atoms. The molecule has 4 aromatic carbocycles. The number of unbranched alkanes of at least 4 members (excludes halogenated alkanes) is 2. The summed E-state index contributed by atoms with van der Waals surface area (Å²) >= 11 is 0. The molecule has 216 valence electrons. The van der Waals surface area contributed by atoms with Crippen LogP contribution >= 0.6 is 0 Å². The number of hydrogen-bond acceptors (Lipinski definition) is 4. The minimum Gasteiger partial charge on any atom is -0.491 e. The highest BCUT2D eigenvalue weighted by atomic mass is 16.5. The van der Waals surface area contributed by atoms with E-state index in [1.807, 2.05) is 74.5 Å². The smallest absolute Gasteiger partial charge is 0.303 e. The van der Waals surface area contributed by atoms with Crippen molar-refractivity contribution in [2.45, 2.75) is 39.5 Å². The van der Waals surface area contributed by atoms with Crippen molar-refractivity contribution in [2.75, 3.05) is 23.9 Å². The number of ether oxygens (including phenoxy) is 1. The second-order valence-electron chi connectivity index (χ2n) is 10.3. The number of carboxylic acid groups (broad SMARTS) is 1. The number of amides is 2. The molecule has 0 aliphatic rings. The molecule has 0 radical (unpaired) electrons. The van der Waals surface area contributed by atoms with Crippen molar-refractivity contribution >= 4 is 29.2 Å². The Morgan fingerprint density at radius 1 is 0.810 bits per heavy atom. The van der Waals surface area contributed by atoms with E-state index in [4.69, 9.17) is 9.84 Å². The van der Waals surface area contributed by atoms with E-state index in [0.717, 1.165) is 35.1 Å². The summed E-state index contributed by atoms with van der Waals surface area (Å²) in [6.45, 7) is 4.41. The van der Waals surface area contributed by atoms with Crippen LogP contribution in [0.2, 0.25) is 0 Å². The van der Waals surface area contributed by atoms with E-state index in [1.165, 1.54) is 0 Å². The third-order valence-electron chi connectivity index (χ3n) is 7.00. The van der Waals surface area contributed by atoms with Crippen molar-refractivity contribution in [3.63, 3.8) is 0 Å². The topological polar surface area (TPSA) is 95.9 Å². The van der Waals surface area contributed by atoms with Gasteiger partial charge in [-0.25, -0.2) is 0 Å². The summed E-state index contributed by atoms with van der Waals surface area (Å²) in [5, 5.41) is 11.7. The molecule has 7 heteroatoms. The highest BCUT2D eigenvalue weighted by Gasteiger charge is 2.18. The van der Waals surface area contributed by atoms with E-state index in [2.05, 4.69) is 5.32 Å². The van der Waals surface area contributed by atoms with Gasteiger partial charge in [-0.05, 0) is 92.3 Å². The maximum absolute atomic E-state index is 13.4. The average molecular weight is 565 g/mol. The SMILES string of the molecule is Cc1ccc(-c2ccccc2C(=O)Nc2ccc(C(=O)N(C)c3ccc(C)cc3OCCCCCC(=O)O)cc2)cc1. The van der Waals surface area contributed by atoms with Crippen molar-refractivity contribution < 1.29 is 24.2 Å². The fraction of sp³-hybridized carbons (Fsp3) is 0.229. The molecule has 0 saturated carbocycles. The minimum atomic E-state index is -0.795. The van der Waals surface area contributed by atoms with Crippen molar-refractivity contribution in [3.05, 3.63) is 113 Å². The van der Waals surface area contributed by atoms with E-state index < -0.39 is 5.97 Å². The number of anilines is 2. The molecule has 0 fully saturated rings. The zero-order valence-corrected chi connectivity index (χ0v) is 24.2. The Balaban J connectivity index is 1.42. The van der Waals surface area contributed by atoms with E-state index in [0.29, 0.717) is 41.3 Å². The maximum atomic E-state index is 13.4. The number of benzene rings is 4. The molecule has 0 atom stereocenters. The fourth-order valence-corrected chi connectivity index (χ4v) is 4.61. The molecule has 7 nitrogen and oxygen atoms in total. The monoisotopic (exact) mass is 564 g/mol. The highest BCUT2D eigenvalue weighted by molar-refractivity contribution is 6.09. The molecule has 2 amide bonds. The molecule has 0 aliphatic heterocycles. The van der Waals surface area contributed by atoms with Gasteiger partial charge in [0.1, 0.15) is 5.75 Å². The zero-order valence-electron chi connectivity index (χ0n) is 24.2. The maximum Gasteiger partial charge on any atom is 0.303 e. The summed E-state index contributed by atoms with van der Waals surface area (Å²) in [7, 11) is 1.70. The van der Waals surface area contributed by atoms with Gasteiger partial charge in [-0.3, -0.25) is 14.4 Å². The third-order valence-corrected chi connectivity index (χ3v) is 7.00. The number of aryl methyl sites for hydroxylation is 2. The Hall–Kier alpha value is -4.91. The van der Waals surface area contributed by atoms with E-state index in [1.54, 1.807) is 42.3 Å². The van der Waals surface area contributed by atoms with Crippen LogP contribution in [0.4, 0.5) is 11.4 Å². The van der Waals surface area contributed by atoms with Gasteiger partial charge >= 0.3 is 5.97 Å². The van der Waals surface area contributed by atoms with Crippen LogP contribution in [-0.2, 0) is 4.79 Å².